The van der Waals surface area contributed by atoms with Gasteiger partial charge in [0, 0.05) is 56.7 Å². The first kappa shape index (κ1) is 29.4. The van der Waals surface area contributed by atoms with E-state index in [9.17, 15) is 13.2 Å². The fourth-order valence-corrected chi connectivity index (χ4v) is 5.79. The van der Waals surface area contributed by atoms with Crippen molar-refractivity contribution < 1.29 is 22.8 Å². The van der Waals surface area contributed by atoms with Gasteiger partial charge in [0.25, 0.3) is 0 Å². The Morgan fingerprint density at radius 1 is 1.19 bits per heavy atom. The number of anilines is 3. The van der Waals surface area contributed by atoms with E-state index in [-0.39, 0.29) is 17.2 Å². The number of alkyl halides is 1. The summed E-state index contributed by atoms with van der Waals surface area (Å²) < 4.78 is 34.5. The number of morpholine rings is 1. The number of sulfonamides is 1. The minimum absolute atomic E-state index is 0.0178. The molecule has 4 aromatic rings. The maximum Gasteiger partial charge on any atom is 0.359 e. The summed E-state index contributed by atoms with van der Waals surface area (Å²) in [6, 6.07) is 6.89. The molecule has 0 aliphatic carbocycles. The van der Waals surface area contributed by atoms with E-state index in [0.29, 0.717) is 78.7 Å². The molecule has 1 fully saturated rings. The third-order valence-electron chi connectivity index (χ3n) is 6.54. The van der Waals surface area contributed by atoms with Gasteiger partial charge in [0.1, 0.15) is 5.82 Å². The van der Waals surface area contributed by atoms with Crippen molar-refractivity contribution in [2.45, 2.75) is 6.54 Å². The summed E-state index contributed by atoms with van der Waals surface area (Å²) in [4.78, 5) is 42.8. The van der Waals surface area contributed by atoms with Gasteiger partial charge < -0.3 is 23.9 Å². The fourth-order valence-electron chi connectivity index (χ4n) is 4.39. The lowest BCUT2D eigenvalue weighted by molar-refractivity contribution is 0.0502. The predicted octanol–water partition coefficient (Wildman–Crippen LogP) is 1.30. The number of aryl methyl sites for hydroxylation is 1. The molecule has 1 aromatic carbocycles. The zero-order valence-electron chi connectivity index (χ0n) is 22.9. The Balaban J connectivity index is 1.52. The van der Waals surface area contributed by atoms with Crippen molar-refractivity contribution >= 4 is 56.2 Å². The Morgan fingerprint density at radius 2 is 1.93 bits per heavy atom. The van der Waals surface area contributed by atoms with E-state index in [1.165, 1.54) is 12.4 Å². The van der Waals surface area contributed by atoms with Gasteiger partial charge in [0.05, 0.1) is 31.1 Å². The van der Waals surface area contributed by atoms with Gasteiger partial charge in [0.15, 0.2) is 22.8 Å². The topological polar surface area (TPSA) is 184 Å². The molecule has 17 heteroatoms. The van der Waals surface area contributed by atoms with Gasteiger partial charge in [-0.15, -0.1) is 11.6 Å². The van der Waals surface area contributed by atoms with Crippen LogP contribution < -0.4 is 20.4 Å². The van der Waals surface area contributed by atoms with Crippen LogP contribution in [0.5, 0.6) is 0 Å². The molecule has 222 valence electrons. The second-order valence-electron chi connectivity index (χ2n) is 9.45. The number of hydrogen-bond acceptors (Lipinski definition) is 13. The monoisotopic (exact) mass is 616 g/mol. The Bertz CT molecular complexity index is 1690. The van der Waals surface area contributed by atoms with Crippen molar-refractivity contribution in [1.82, 2.24) is 29.5 Å². The lowest BCUT2D eigenvalue weighted by Gasteiger charge is -2.28. The number of rotatable bonds is 10. The van der Waals surface area contributed by atoms with Crippen LogP contribution in [0.25, 0.3) is 22.6 Å². The zero-order chi connectivity index (χ0) is 29.9. The van der Waals surface area contributed by atoms with E-state index in [1.807, 2.05) is 17.7 Å². The molecule has 1 aliphatic rings. The van der Waals surface area contributed by atoms with E-state index in [2.05, 4.69) is 24.4 Å². The van der Waals surface area contributed by atoms with Gasteiger partial charge in [-0.05, 0) is 12.1 Å². The van der Waals surface area contributed by atoms with E-state index < -0.39 is 16.0 Å². The van der Waals surface area contributed by atoms with Crippen molar-refractivity contribution in [1.29, 1.82) is 0 Å². The van der Waals surface area contributed by atoms with Crippen LogP contribution in [-0.2, 0) is 33.2 Å². The number of ether oxygens (including phenoxy) is 1. The van der Waals surface area contributed by atoms with Crippen molar-refractivity contribution in [3.63, 3.8) is 0 Å². The third kappa shape index (κ3) is 6.35. The normalized spacial score (nSPS) is 13.8. The molecule has 5 rings (SSSR count). The lowest BCUT2D eigenvalue weighted by atomic mass is 10.2. The number of nitrogens with two attached hydrogens (primary N) is 1. The van der Waals surface area contributed by atoms with Crippen LogP contribution in [0, 0.1) is 0 Å². The van der Waals surface area contributed by atoms with Crippen molar-refractivity contribution in [3.05, 3.63) is 48.0 Å². The van der Waals surface area contributed by atoms with Crippen molar-refractivity contribution in [3.8, 4) is 11.4 Å². The number of nitrogens with one attached hydrogen (secondary N) is 1. The summed E-state index contributed by atoms with van der Waals surface area (Å²) in [5, 5.41) is 0. The highest BCUT2D eigenvalue weighted by Crippen LogP contribution is 2.30. The Labute approximate surface area is 246 Å². The number of fused-ring (bicyclic) bond motifs is 1. The molecule has 0 atom stereocenters. The average molecular weight is 617 g/mol. The van der Waals surface area contributed by atoms with E-state index >= 15 is 0 Å². The number of carbonyl (C=O) groups excluding carboxylic acids is 1. The quantitative estimate of drug-likeness (QED) is 0.192. The van der Waals surface area contributed by atoms with Crippen LogP contribution in [0.1, 0.15) is 16.2 Å². The summed E-state index contributed by atoms with van der Waals surface area (Å²) in [6.07, 6.45) is 2.67. The smallest absolute Gasteiger partial charge is 0.359 e. The van der Waals surface area contributed by atoms with Gasteiger partial charge in [-0.2, -0.15) is 5.90 Å². The van der Waals surface area contributed by atoms with Crippen LogP contribution >= 0.6 is 11.6 Å². The molecule has 42 heavy (non-hydrogen) atoms. The van der Waals surface area contributed by atoms with Gasteiger partial charge in [-0.25, -0.2) is 38.1 Å². The molecule has 3 N–H and O–H groups in total. The van der Waals surface area contributed by atoms with Crippen LogP contribution in [0.4, 0.5) is 17.5 Å². The molecule has 0 bridgehead atoms. The summed E-state index contributed by atoms with van der Waals surface area (Å²) in [6.45, 7) is 2.67. The van der Waals surface area contributed by atoms with Crippen molar-refractivity contribution in [2.75, 3.05) is 59.5 Å². The molecular formula is C25H29ClN10O5S. The van der Waals surface area contributed by atoms with E-state index in [0.717, 1.165) is 0 Å². The number of benzene rings is 1. The van der Waals surface area contributed by atoms with Crippen LogP contribution in [0.2, 0.25) is 0 Å². The largest absolute Gasteiger partial charge is 0.378 e. The Hall–Kier alpha value is -4.12. The van der Waals surface area contributed by atoms with Gasteiger partial charge in [-0.3, -0.25) is 4.72 Å². The molecule has 4 heterocycles. The number of carbonyl (C=O) groups is 1. The van der Waals surface area contributed by atoms with Crippen molar-refractivity contribution in [2.24, 2.45) is 12.9 Å². The lowest BCUT2D eigenvalue weighted by Crippen LogP contribution is -2.37. The first-order valence-electron chi connectivity index (χ1n) is 12.9. The molecular weight excluding hydrogens is 588 g/mol. The van der Waals surface area contributed by atoms with Crippen LogP contribution in [0.3, 0.4) is 0 Å². The maximum atomic E-state index is 12.3. The number of aromatic nitrogens is 6. The molecule has 3 aromatic heterocycles. The summed E-state index contributed by atoms with van der Waals surface area (Å²) in [7, 11) is 0.0635. The minimum Gasteiger partial charge on any atom is -0.378 e. The van der Waals surface area contributed by atoms with E-state index in [4.69, 9.17) is 37.2 Å². The zero-order valence-corrected chi connectivity index (χ0v) is 24.5. The first-order valence-corrected chi connectivity index (χ1v) is 15.0. The number of imidazole rings is 1. The van der Waals surface area contributed by atoms with Crippen LogP contribution in [0.15, 0.2) is 36.7 Å². The van der Waals surface area contributed by atoms with Gasteiger partial charge in [-0.1, -0.05) is 12.1 Å². The van der Waals surface area contributed by atoms with Crippen LogP contribution in [-0.4, -0.2) is 88.9 Å². The molecule has 1 aliphatic heterocycles. The molecule has 0 radical (unpaired) electrons. The maximum absolute atomic E-state index is 12.3. The summed E-state index contributed by atoms with van der Waals surface area (Å²) in [5.74, 6) is 6.08. The molecule has 0 saturated carbocycles. The standard InChI is InChI=1S/C25H29ClN10O5S/c1-34(25-28-13-17(14-29-25)24(37)41-27)15-19-30-20-22(35(19)2)31-21(32-23(20)36-7-9-40-10-8-36)16-4-3-5-18(12-16)33-42(38,39)11-6-26/h3-5,12-14,33H,6-11,15,27H2,1-2H3. The molecule has 0 amide bonds. The second-order valence-corrected chi connectivity index (χ2v) is 11.7. The minimum atomic E-state index is -3.59. The third-order valence-corrected chi connectivity index (χ3v) is 8.25. The molecule has 0 unspecified atom stereocenters. The van der Waals surface area contributed by atoms with E-state index in [1.54, 1.807) is 30.1 Å². The summed E-state index contributed by atoms with van der Waals surface area (Å²) >= 11 is 5.64. The highest BCUT2D eigenvalue weighted by Gasteiger charge is 2.24. The van der Waals surface area contributed by atoms with Gasteiger partial charge in [0.2, 0.25) is 16.0 Å². The predicted molar refractivity (Wildman–Crippen MR) is 157 cm³/mol. The second kappa shape index (κ2) is 12.4. The molecule has 1 saturated heterocycles. The molecule has 0 spiro atoms. The SMILES string of the molecule is CN(Cc1nc2c(N3CCOCC3)nc(-c3cccc(NS(=O)(=O)CCCl)c3)nc2n1C)c1ncc(C(=O)ON)cn1. The first-order chi connectivity index (χ1) is 20.2. The average Bonchev–Trinajstić information content (AvgIpc) is 3.31. The number of halogens is 1. The Kier molecular flexibility index (Phi) is 8.67. The van der Waals surface area contributed by atoms with Gasteiger partial charge >= 0.3 is 5.97 Å². The number of hydrogen-bond donors (Lipinski definition) is 2. The number of nitrogens with zero attached hydrogens (tertiary/aromatic N) is 8. The Morgan fingerprint density at radius 3 is 2.62 bits per heavy atom. The highest BCUT2D eigenvalue weighted by molar-refractivity contribution is 7.92. The highest BCUT2D eigenvalue weighted by atomic mass is 35.5. The molecule has 15 nitrogen and oxygen atoms in total. The summed E-state index contributed by atoms with van der Waals surface area (Å²) in [5.41, 5.74) is 2.35. The fraction of sp³-hybridized carbons (Fsp3) is 0.360.